The molecule has 0 spiro atoms. The molecule has 0 aromatic carbocycles. The van der Waals surface area contributed by atoms with Crippen LogP contribution in [0.1, 0.15) is 20.8 Å². The highest BCUT2D eigenvalue weighted by molar-refractivity contribution is 5.26. The predicted molar refractivity (Wildman–Crippen MR) is 38.1 cm³/mol. The molecule has 0 bridgehead atoms. The zero-order valence-electron chi connectivity index (χ0n) is 6.14. The summed E-state index contributed by atoms with van der Waals surface area (Å²) in [6, 6.07) is 0. The first-order valence-corrected chi connectivity index (χ1v) is 3.21. The number of allylic oxidation sites excluding steroid dienone is 2. The molecule has 1 heteroatoms. The fourth-order valence-corrected chi connectivity index (χ4v) is 0.813. The maximum Gasteiger partial charge on any atom is 0.116 e. The second-order valence-corrected chi connectivity index (χ2v) is 2.45. The molecule has 0 saturated heterocycles. The summed E-state index contributed by atoms with van der Waals surface area (Å²) in [7, 11) is 0. The average molecular weight is 124 g/mol. The van der Waals surface area contributed by atoms with E-state index < -0.39 is 0 Å². The van der Waals surface area contributed by atoms with E-state index in [1.165, 1.54) is 11.1 Å². The summed E-state index contributed by atoms with van der Waals surface area (Å²) in [6.07, 6.45) is 4.03. The minimum absolute atomic E-state index is 0.273. The fourth-order valence-electron chi connectivity index (χ4n) is 0.813. The van der Waals surface area contributed by atoms with Crippen LogP contribution in [0.3, 0.4) is 0 Å². The van der Waals surface area contributed by atoms with Crippen molar-refractivity contribution in [2.24, 2.45) is 0 Å². The second kappa shape index (κ2) is 2.26. The lowest BCUT2D eigenvalue weighted by Gasteiger charge is -2.17. The maximum absolute atomic E-state index is 5.22. The van der Waals surface area contributed by atoms with Crippen molar-refractivity contribution in [3.05, 3.63) is 23.5 Å². The van der Waals surface area contributed by atoms with Crippen molar-refractivity contribution in [3.63, 3.8) is 0 Å². The van der Waals surface area contributed by atoms with Gasteiger partial charge in [0.05, 0.1) is 6.26 Å². The van der Waals surface area contributed by atoms with E-state index in [4.69, 9.17) is 4.74 Å². The van der Waals surface area contributed by atoms with Crippen molar-refractivity contribution in [1.82, 2.24) is 0 Å². The molecule has 1 unspecified atom stereocenters. The molecule has 0 amide bonds. The highest BCUT2D eigenvalue weighted by Gasteiger charge is 2.08. The van der Waals surface area contributed by atoms with Gasteiger partial charge in [0.2, 0.25) is 0 Å². The summed E-state index contributed by atoms with van der Waals surface area (Å²) in [5, 5.41) is 0. The quantitative estimate of drug-likeness (QED) is 0.481. The van der Waals surface area contributed by atoms with E-state index in [2.05, 4.69) is 20.8 Å². The summed E-state index contributed by atoms with van der Waals surface area (Å²) in [4.78, 5) is 0. The van der Waals surface area contributed by atoms with Gasteiger partial charge in [-0.25, -0.2) is 0 Å². The third kappa shape index (κ3) is 1.15. The van der Waals surface area contributed by atoms with E-state index >= 15 is 0 Å². The highest BCUT2D eigenvalue weighted by Crippen LogP contribution is 2.16. The molecular weight excluding hydrogens is 112 g/mol. The molecule has 50 valence electrons. The molecule has 1 aliphatic rings. The molecule has 1 atom stereocenters. The van der Waals surface area contributed by atoms with Crippen molar-refractivity contribution < 1.29 is 4.74 Å². The molecule has 0 aromatic heterocycles. The van der Waals surface area contributed by atoms with Gasteiger partial charge in [-0.15, -0.1) is 0 Å². The molecule has 0 fully saturated rings. The second-order valence-electron chi connectivity index (χ2n) is 2.45. The van der Waals surface area contributed by atoms with Gasteiger partial charge in [-0.2, -0.15) is 0 Å². The molecule has 0 aliphatic carbocycles. The first kappa shape index (κ1) is 6.40. The molecular formula is C8H12O. The number of hydrogen-bond acceptors (Lipinski definition) is 1. The molecule has 0 saturated carbocycles. The van der Waals surface area contributed by atoms with Gasteiger partial charge in [0.1, 0.15) is 6.10 Å². The predicted octanol–water partition coefficient (Wildman–Crippen LogP) is 2.26. The first-order valence-electron chi connectivity index (χ1n) is 3.21. The van der Waals surface area contributed by atoms with Crippen molar-refractivity contribution in [2.45, 2.75) is 26.9 Å². The van der Waals surface area contributed by atoms with Crippen molar-refractivity contribution in [3.8, 4) is 0 Å². The lowest BCUT2D eigenvalue weighted by atomic mass is 10.1. The summed E-state index contributed by atoms with van der Waals surface area (Å²) in [5.74, 6) is 0. The van der Waals surface area contributed by atoms with Crippen LogP contribution in [-0.2, 0) is 4.74 Å². The van der Waals surface area contributed by atoms with Crippen LogP contribution in [-0.4, -0.2) is 6.10 Å². The zero-order valence-corrected chi connectivity index (χ0v) is 6.14. The maximum atomic E-state index is 5.22. The monoisotopic (exact) mass is 124 g/mol. The van der Waals surface area contributed by atoms with Gasteiger partial charge < -0.3 is 4.74 Å². The van der Waals surface area contributed by atoms with E-state index in [9.17, 15) is 0 Å². The Morgan fingerprint density at radius 1 is 1.44 bits per heavy atom. The minimum atomic E-state index is 0.273. The Bertz CT molecular complexity index is 165. The molecule has 1 nitrogen and oxygen atoms in total. The van der Waals surface area contributed by atoms with E-state index in [0.29, 0.717) is 0 Å². The highest BCUT2D eigenvalue weighted by atomic mass is 16.5. The van der Waals surface area contributed by atoms with Gasteiger partial charge in [0, 0.05) is 0 Å². The molecule has 0 aromatic rings. The van der Waals surface area contributed by atoms with Crippen LogP contribution in [0.15, 0.2) is 23.5 Å². The summed E-state index contributed by atoms with van der Waals surface area (Å²) >= 11 is 0. The van der Waals surface area contributed by atoms with Crippen LogP contribution in [0.25, 0.3) is 0 Å². The minimum Gasteiger partial charge on any atom is -0.494 e. The Morgan fingerprint density at radius 3 is 2.56 bits per heavy atom. The molecule has 1 heterocycles. The number of ether oxygens (including phenoxy) is 1. The lowest BCUT2D eigenvalue weighted by Crippen LogP contribution is -2.09. The Balaban J connectivity index is 2.83. The molecule has 9 heavy (non-hydrogen) atoms. The van der Waals surface area contributed by atoms with Crippen LogP contribution in [0.5, 0.6) is 0 Å². The van der Waals surface area contributed by atoms with Gasteiger partial charge in [0.25, 0.3) is 0 Å². The molecule has 0 N–H and O–H groups in total. The van der Waals surface area contributed by atoms with Crippen molar-refractivity contribution in [1.29, 1.82) is 0 Å². The Morgan fingerprint density at radius 2 is 2.11 bits per heavy atom. The summed E-state index contributed by atoms with van der Waals surface area (Å²) < 4.78 is 5.22. The third-order valence-corrected chi connectivity index (χ3v) is 1.83. The van der Waals surface area contributed by atoms with E-state index in [-0.39, 0.29) is 6.10 Å². The van der Waals surface area contributed by atoms with Crippen molar-refractivity contribution >= 4 is 0 Å². The third-order valence-electron chi connectivity index (χ3n) is 1.83. The Hall–Kier alpha value is -0.720. The van der Waals surface area contributed by atoms with Gasteiger partial charge in [-0.3, -0.25) is 0 Å². The lowest BCUT2D eigenvalue weighted by molar-refractivity contribution is 0.187. The van der Waals surface area contributed by atoms with Crippen LogP contribution < -0.4 is 0 Å². The summed E-state index contributed by atoms with van der Waals surface area (Å²) in [6.45, 7) is 6.26. The number of hydrogen-bond donors (Lipinski definition) is 0. The first-order chi connectivity index (χ1) is 4.22. The van der Waals surface area contributed by atoms with Crippen LogP contribution in [0.4, 0.5) is 0 Å². The fraction of sp³-hybridized carbons (Fsp3) is 0.500. The van der Waals surface area contributed by atoms with Crippen LogP contribution in [0.2, 0.25) is 0 Å². The smallest absolute Gasteiger partial charge is 0.116 e. The molecule has 1 rings (SSSR count). The van der Waals surface area contributed by atoms with Crippen LogP contribution >= 0.6 is 0 Å². The van der Waals surface area contributed by atoms with Crippen molar-refractivity contribution in [2.75, 3.05) is 0 Å². The van der Waals surface area contributed by atoms with Gasteiger partial charge in [0.15, 0.2) is 0 Å². The normalized spacial score (nSPS) is 26.3. The van der Waals surface area contributed by atoms with E-state index in [0.717, 1.165) is 0 Å². The molecule has 0 radical (unpaired) electrons. The topological polar surface area (TPSA) is 9.23 Å². The van der Waals surface area contributed by atoms with E-state index in [1.54, 1.807) is 6.26 Å². The van der Waals surface area contributed by atoms with Gasteiger partial charge in [-0.1, -0.05) is 0 Å². The SMILES string of the molecule is CC1=C(C)C(C)OC=C1. The van der Waals surface area contributed by atoms with Gasteiger partial charge >= 0.3 is 0 Å². The Kier molecular flexibility index (Phi) is 1.60. The van der Waals surface area contributed by atoms with Gasteiger partial charge in [-0.05, 0) is 38.0 Å². The zero-order chi connectivity index (χ0) is 6.85. The Labute approximate surface area is 56.0 Å². The van der Waals surface area contributed by atoms with Crippen LogP contribution in [0, 0.1) is 0 Å². The average Bonchev–Trinajstić information content (AvgIpc) is 1.83. The largest absolute Gasteiger partial charge is 0.494 e. The number of rotatable bonds is 0. The standard InChI is InChI=1S/C8H12O/c1-6-4-5-9-8(3)7(6)2/h4-5,8H,1-3H3. The molecule has 1 aliphatic heterocycles. The summed E-state index contributed by atoms with van der Waals surface area (Å²) in [5.41, 5.74) is 2.66. The van der Waals surface area contributed by atoms with E-state index in [1.807, 2.05) is 6.08 Å².